The van der Waals surface area contributed by atoms with Gasteiger partial charge in [0.2, 0.25) is 10.0 Å². The lowest BCUT2D eigenvalue weighted by molar-refractivity contribution is 0.392. The zero-order chi connectivity index (χ0) is 15.2. The van der Waals surface area contributed by atoms with Crippen molar-refractivity contribution in [3.63, 3.8) is 0 Å². The molecule has 1 aromatic rings. The zero-order valence-corrected chi connectivity index (χ0v) is 12.7. The fraction of sp³-hybridized carbons (Fsp3) is 0.500. The Morgan fingerprint density at radius 1 is 1.25 bits per heavy atom. The van der Waals surface area contributed by atoms with E-state index < -0.39 is 15.6 Å². The molecule has 0 amide bonds. The van der Waals surface area contributed by atoms with Crippen LogP contribution in [-0.4, -0.2) is 20.5 Å². The summed E-state index contributed by atoms with van der Waals surface area (Å²) in [6, 6.07) is 8.32. The second kappa shape index (κ2) is 6.84. The van der Waals surface area contributed by atoms with Crippen molar-refractivity contribution in [3.8, 4) is 6.07 Å². The van der Waals surface area contributed by atoms with Crippen LogP contribution in [0.5, 0.6) is 0 Å². The van der Waals surface area contributed by atoms with Crippen LogP contribution in [0.15, 0.2) is 29.2 Å². The maximum absolute atomic E-state index is 12.1. The van der Waals surface area contributed by atoms with Gasteiger partial charge < -0.3 is 5.73 Å². The van der Waals surface area contributed by atoms with Crippen LogP contribution in [-0.2, 0) is 16.4 Å². The molecular weight excluding hydrogens is 274 g/mol. The maximum atomic E-state index is 12.1. The molecule has 1 aromatic carbocycles. The third kappa shape index (κ3) is 4.30. The van der Waals surface area contributed by atoms with E-state index in [4.69, 9.17) is 11.0 Å². The molecule has 20 heavy (non-hydrogen) atoms. The van der Waals surface area contributed by atoms with Gasteiger partial charge in [-0.05, 0) is 30.5 Å². The van der Waals surface area contributed by atoms with E-state index in [0.717, 1.165) is 5.56 Å². The van der Waals surface area contributed by atoms with Gasteiger partial charge in [0.15, 0.2) is 0 Å². The molecule has 0 atom stereocenters. The van der Waals surface area contributed by atoms with E-state index in [1.54, 1.807) is 12.1 Å². The standard InChI is InChI=1S/C14H21N3O2S/c1-3-14(16,4-2)11-17-20(18,19)13-7-5-12(6-8-13)9-10-15/h5-8,17H,3-4,9,11,16H2,1-2H3. The lowest BCUT2D eigenvalue weighted by Gasteiger charge is -2.26. The molecule has 0 saturated carbocycles. The minimum atomic E-state index is -3.56. The van der Waals surface area contributed by atoms with Gasteiger partial charge in [0.25, 0.3) is 0 Å². The molecule has 110 valence electrons. The normalized spacial score (nSPS) is 12.1. The van der Waals surface area contributed by atoms with Crippen molar-refractivity contribution in [1.82, 2.24) is 4.72 Å². The van der Waals surface area contributed by atoms with Crippen molar-refractivity contribution < 1.29 is 8.42 Å². The number of hydrogen-bond donors (Lipinski definition) is 2. The van der Waals surface area contributed by atoms with E-state index in [0.29, 0.717) is 12.8 Å². The van der Waals surface area contributed by atoms with E-state index in [9.17, 15) is 8.42 Å². The largest absolute Gasteiger partial charge is 0.324 e. The summed E-state index contributed by atoms with van der Waals surface area (Å²) in [6.45, 7) is 4.09. The van der Waals surface area contributed by atoms with Crippen LogP contribution in [0.1, 0.15) is 32.3 Å². The molecule has 0 aliphatic rings. The molecule has 0 spiro atoms. The molecule has 0 fully saturated rings. The van der Waals surface area contributed by atoms with Crippen molar-refractivity contribution in [2.45, 2.75) is 43.5 Å². The highest BCUT2D eigenvalue weighted by Crippen LogP contribution is 2.14. The number of nitrogens with zero attached hydrogens (tertiary/aromatic N) is 1. The minimum absolute atomic E-state index is 0.189. The highest BCUT2D eigenvalue weighted by Gasteiger charge is 2.23. The summed E-state index contributed by atoms with van der Waals surface area (Å²) < 4.78 is 26.8. The zero-order valence-electron chi connectivity index (χ0n) is 11.9. The number of nitriles is 1. The predicted octanol–water partition coefficient (Wildman–Crippen LogP) is 1.55. The van der Waals surface area contributed by atoms with E-state index in [2.05, 4.69) is 4.72 Å². The number of sulfonamides is 1. The van der Waals surface area contributed by atoms with Crippen LogP contribution < -0.4 is 10.5 Å². The SMILES string of the molecule is CCC(N)(CC)CNS(=O)(=O)c1ccc(CC#N)cc1. The summed E-state index contributed by atoms with van der Waals surface area (Å²) in [7, 11) is -3.56. The molecular formula is C14H21N3O2S. The summed E-state index contributed by atoms with van der Waals surface area (Å²) in [5.41, 5.74) is 6.36. The van der Waals surface area contributed by atoms with E-state index in [1.165, 1.54) is 12.1 Å². The lowest BCUT2D eigenvalue weighted by atomic mass is 9.95. The quantitative estimate of drug-likeness (QED) is 0.797. The second-order valence-electron chi connectivity index (χ2n) is 4.87. The second-order valence-corrected chi connectivity index (χ2v) is 6.64. The molecule has 5 nitrogen and oxygen atoms in total. The fourth-order valence-corrected chi connectivity index (χ4v) is 2.84. The topological polar surface area (TPSA) is 96.0 Å². The highest BCUT2D eigenvalue weighted by atomic mass is 32.2. The van der Waals surface area contributed by atoms with E-state index in [-0.39, 0.29) is 17.9 Å². The molecule has 0 heterocycles. The first-order chi connectivity index (χ1) is 9.37. The summed E-state index contributed by atoms with van der Waals surface area (Å²) in [4.78, 5) is 0.189. The number of nitrogens with two attached hydrogens (primary N) is 1. The number of nitrogens with one attached hydrogen (secondary N) is 1. The van der Waals surface area contributed by atoms with Gasteiger partial charge in [-0.3, -0.25) is 0 Å². The Morgan fingerprint density at radius 3 is 2.25 bits per heavy atom. The highest BCUT2D eigenvalue weighted by molar-refractivity contribution is 7.89. The van der Waals surface area contributed by atoms with Gasteiger partial charge in [0.05, 0.1) is 17.4 Å². The van der Waals surface area contributed by atoms with Crippen molar-refractivity contribution >= 4 is 10.0 Å². The minimum Gasteiger partial charge on any atom is -0.324 e. The van der Waals surface area contributed by atoms with Crippen LogP contribution in [0, 0.1) is 11.3 Å². The first kappa shape index (κ1) is 16.6. The average Bonchev–Trinajstić information content (AvgIpc) is 2.46. The number of hydrogen-bond acceptors (Lipinski definition) is 4. The Balaban J connectivity index is 2.81. The smallest absolute Gasteiger partial charge is 0.240 e. The van der Waals surface area contributed by atoms with Crippen molar-refractivity contribution in [2.75, 3.05) is 6.54 Å². The molecule has 0 radical (unpaired) electrons. The molecule has 0 unspecified atom stereocenters. The molecule has 0 bridgehead atoms. The average molecular weight is 295 g/mol. The van der Waals surface area contributed by atoms with Gasteiger partial charge in [-0.2, -0.15) is 5.26 Å². The lowest BCUT2D eigenvalue weighted by Crippen LogP contribution is -2.49. The van der Waals surface area contributed by atoms with Crippen LogP contribution >= 0.6 is 0 Å². The third-order valence-corrected chi connectivity index (χ3v) is 4.96. The summed E-state index contributed by atoms with van der Waals surface area (Å²) >= 11 is 0. The van der Waals surface area contributed by atoms with Crippen LogP contribution in [0.25, 0.3) is 0 Å². The van der Waals surface area contributed by atoms with Gasteiger partial charge in [-0.25, -0.2) is 13.1 Å². The Morgan fingerprint density at radius 2 is 1.80 bits per heavy atom. The number of rotatable bonds is 7. The molecule has 0 aromatic heterocycles. The van der Waals surface area contributed by atoms with Gasteiger partial charge >= 0.3 is 0 Å². The summed E-state index contributed by atoms with van der Waals surface area (Å²) in [6.07, 6.45) is 1.67. The van der Waals surface area contributed by atoms with E-state index in [1.807, 2.05) is 19.9 Å². The maximum Gasteiger partial charge on any atom is 0.240 e. The van der Waals surface area contributed by atoms with Gasteiger partial charge in [-0.15, -0.1) is 0 Å². The van der Waals surface area contributed by atoms with Gasteiger partial charge in [0.1, 0.15) is 0 Å². The monoisotopic (exact) mass is 295 g/mol. The van der Waals surface area contributed by atoms with Gasteiger partial charge in [0, 0.05) is 12.1 Å². The summed E-state index contributed by atoms with van der Waals surface area (Å²) in [5, 5.41) is 8.58. The van der Waals surface area contributed by atoms with E-state index >= 15 is 0 Å². The first-order valence-electron chi connectivity index (χ1n) is 6.61. The molecule has 3 N–H and O–H groups in total. The molecule has 0 saturated heterocycles. The molecule has 1 rings (SSSR count). The number of benzene rings is 1. The Bertz CT molecular complexity index is 569. The molecule has 0 aliphatic heterocycles. The van der Waals surface area contributed by atoms with Crippen molar-refractivity contribution in [2.24, 2.45) is 5.73 Å². The predicted molar refractivity (Wildman–Crippen MR) is 78.4 cm³/mol. The van der Waals surface area contributed by atoms with Crippen LogP contribution in [0.4, 0.5) is 0 Å². The Kier molecular flexibility index (Phi) is 5.69. The first-order valence-corrected chi connectivity index (χ1v) is 8.09. The summed E-state index contributed by atoms with van der Waals surface area (Å²) in [5.74, 6) is 0. The third-order valence-electron chi connectivity index (χ3n) is 3.54. The van der Waals surface area contributed by atoms with Crippen molar-refractivity contribution in [3.05, 3.63) is 29.8 Å². The van der Waals surface area contributed by atoms with Crippen LogP contribution in [0.3, 0.4) is 0 Å². The van der Waals surface area contributed by atoms with Crippen molar-refractivity contribution in [1.29, 1.82) is 5.26 Å². The van der Waals surface area contributed by atoms with Crippen LogP contribution in [0.2, 0.25) is 0 Å². The van der Waals surface area contributed by atoms with Gasteiger partial charge in [-0.1, -0.05) is 26.0 Å². The molecule has 6 heteroatoms. The Hall–Kier alpha value is -1.42. The Labute approximate surface area is 120 Å². The molecule has 0 aliphatic carbocycles. The fourth-order valence-electron chi connectivity index (χ4n) is 1.70.